The third-order valence-corrected chi connectivity index (χ3v) is 3.08. The summed E-state index contributed by atoms with van der Waals surface area (Å²) in [5.41, 5.74) is -0.196. The minimum absolute atomic E-state index is 0.0166. The molecule has 1 heterocycles. The second-order valence-electron chi connectivity index (χ2n) is 4.21. The maximum absolute atomic E-state index is 11.6. The summed E-state index contributed by atoms with van der Waals surface area (Å²) < 4.78 is 4.91. The van der Waals surface area contributed by atoms with Gasteiger partial charge in [0.2, 0.25) is 5.78 Å². The van der Waals surface area contributed by atoms with Crippen LogP contribution >= 0.6 is 0 Å². The van der Waals surface area contributed by atoms with E-state index in [9.17, 15) is 9.59 Å². The summed E-state index contributed by atoms with van der Waals surface area (Å²) in [5, 5.41) is 0. The summed E-state index contributed by atoms with van der Waals surface area (Å²) in [7, 11) is 0. The fourth-order valence-corrected chi connectivity index (χ4v) is 2.14. The van der Waals surface area contributed by atoms with E-state index in [0.717, 1.165) is 0 Å². The van der Waals surface area contributed by atoms with Gasteiger partial charge >= 0.3 is 5.97 Å². The van der Waals surface area contributed by atoms with Crippen LogP contribution in [0.3, 0.4) is 0 Å². The number of ketones is 1. The number of rotatable bonds is 0. The van der Waals surface area contributed by atoms with Gasteiger partial charge in [-0.2, -0.15) is 0 Å². The van der Waals surface area contributed by atoms with E-state index in [-0.39, 0.29) is 34.8 Å². The molecule has 0 aromatic heterocycles. The lowest BCUT2D eigenvalue weighted by atomic mass is 10.1. The molecule has 2 rings (SSSR count). The summed E-state index contributed by atoms with van der Waals surface area (Å²) >= 11 is 0. The highest BCUT2D eigenvalue weighted by molar-refractivity contribution is 6.07. The average molecular weight is 180 g/mol. The van der Waals surface area contributed by atoms with Crippen LogP contribution in [0.15, 0.2) is 11.8 Å². The van der Waals surface area contributed by atoms with Gasteiger partial charge < -0.3 is 4.74 Å². The molecule has 0 radical (unpaired) electrons. The van der Waals surface area contributed by atoms with Crippen LogP contribution in [0.4, 0.5) is 0 Å². The quantitative estimate of drug-likeness (QED) is 0.416. The molecule has 0 aromatic rings. The Balaban J connectivity index is 2.35. The lowest BCUT2D eigenvalue weighted by Crippen LogP contribution is -2.22. The van der Waals surface area contributed by atoms with E-state index in [1.165, 1.54) is 0 Å². The van der Waals surface area contributed by atoms with Crippen LogP contribution in [0.2, 0.25) is 0 Å². The Bertz CT molecular complexity index is 325. The van der Waals surface area contributed by atoms with Gasteiger partial charge in [-0.3, -0.25) is 9.59 Å². The minimum Gasteiger partial charge on any atom is -0.423 e. The zero-order valence-electron chi connectivity index (χ0n) is 7.96. The van der Waals surface area contributed by atoms with Crippen molar-refractivity contribution in [2.45, 2.75) is 20.8 Å². The molecule has 1 saturated carbocycles. The molecule has 0 amide bonds. The van der Waals surface area contributed by atoms with Gasteiger partial charge in [-0.15, -0.1) is 0 Å². The fraction of sp³-hybridized carbons (Fsp3) is 0.600. The van der Waals surface area contributed by atoms with Crippen molar-refractivity contribution in [2.75, 3.05) is 0 Å². The van der Waals surface area contributed by atoms with Crippen LogP contribution in [0, 0.1) is 17.3 Å². The largest absolute Gasteiger partial charge is 0.423 e. The number of carbonyl (C=O) groups excluding carboxylic acids is 2. The number of cyclic esters (lactones) is 1. The molecule has 2 atom stereocenters. The van der Waals surface area contributed by atoms with Crippen LogP contribution in [0.5, 0.6) is 0 Å². The van der Waals surface area contributed by atoms with E-state index in [1.807, 2.05) is 13.8 Å². The van der Waals surface area contributed by atoms with E-state index < -0.39 is 0 Å². The van der Waals surface area contributed by atoms with Gasteiger partial charge in [0.25, 0.3) is 0 Å². The minimum atomic E-state index is -0.247. The number of esters is 1. The van der Waals surface area contributed by atoms with Crippen molar-refractivity contribution in [1.29, 1.82) is 0 Å². The highest BCUT2D eigenvalue weighted by Gasteiger charge is 2.69. The first-order chi connectivity index (χ1) is 6.00. The van der Waals surface area contributed by atoms with Gasteiger partial charge in [-0.1, -0.05) is 13.8 Å². The number of fused-ring (bicyclic) bond motifs is 1. The van der Waals surface area contributed by atoms with Gasteiger partial charge in [0.1, 0.15) is 0 Å². The smallest absolute Gasteiger partial charge is 0.315 e. The van der Waals surface area contributed by atoms with Gasteiger partial charge in [-0.25, -0.2) is 0 Å². The molecule has 1 saturated heterocycles. The van der Waals surface area contributed by atoms with Crippen molar-refractivity contribution in [1.82, 2.24) is 0 Å². The van der Waals surface area contributed by atoms with E-state index in [1.54, 1.807) is 13.0 Å². The summed E-state index contributed by atoms with van der Waals surface area (Å²) in [6.45, 7) is 5.57. The molecule has 2 aliphatic rings. The van der Waals surface area contributed by atoms with Crippen molar-refractivity contribution < 1.29 is 14.3 Å². The highest BCUT2D eigenvalue weighted by atomic mass is 16.5. The molecular weight excluding hydrogens is 168 g/mol. The van der Waals surface area contributed by atoms with E-state index in [4.69, 9.17) is 4.74 Å². The fourth-order valence-electron chi connectivity index (χ4n) is 2.14. The third kappa shape index (κ3) is 0.900. The lowest BCUT2D eigenvalue weighted by molar-refractivity contribution is -0.148. The Labute approximate surface area is 76.8 Å². The molecule has 2 fully saturated rings. The van der Waals surface area contributed by atoms with Crippen molar-refractivity contribution >= 4 is 11.8 Å². The summed E-state index contributed by atoms with van der Waals surface area (Å²) in [5.74, 6) is -0.389. The van der Waals surface area contributed by atoms with E-state index in [2.05, 4.69) is 0 Å². The third-order valence-electron chi connectivity index (χ3n) is 3.08. The van der Waals surface area contributed by atoms with Crippen LogP contribution < -0.4 is 0 Å². The molecule has 1 aliphatic carbocycles. The molecule has 0 spiro atoms. The second kappa shape index (κ2) is 2.22. The Morgan fingerprint density at radius 3 is 2.46 bits per heavy atom. The summed E-state index contributed by atoms with van der Waals surface area (Å²) in [6.07, 6.45) is 1.56. The Morgan fingerprint density at radius 1 is 1.31 bits per heavy atom. The van der Waals surface area contributed by atoms with Gasteiger partial charge in [0.05, 0.1) is 5.92 Å². The van der Waals surface area contributed by atoms with Crippen LogP contribution in [-0.2, 0) is 14.3 Å². The van der Waals surface area contributed by atoms with Gasteiger partial charge in [-0.05, 0) is 18.4 Å². The summed E-state index contributed by atoms with van der Waals surface area (Å²) in [4.78, 5) is 23.0. The molecule has 0 N–H and O–H groups in total. The standard InChI is InChI=1S/C10H12O3/c1-4-5-8(11)6-7(9(12)13-5)10(6,2)3/h4,6-7H,1-3H3/b5-4+. The number of ether oxygens (including phenoxy) is 1. The molecule has 0 bridgehead atoms. The monoisotopic (exact) mass is 180 g/mol. The molecule has 70 valence electrons. The Hall–Kier alpha value is -1.12. The first kappa shape index (κ1) is 8.48. The maximum atomic E-state index is 11.6. The van der Waals surface area contributed by atoms with E-state index >= 15 is 0 Å². The second-order valence-corrected chi connectivity index (χ2v) is 4.21. The van der Waals surface area contributed by atoms with Crippen LogP contribution in [0.1, 0.15) is 20.8 Å². The SMILES string of the molecule is C/C=C1/OC(=O)C2C(C1=O)C2(C)C. The molecule has 2 unspecified atom stereocenters. The van der Waals surface area contributed by atoms with Crippen LogP contribution in [-0.4, -0.2) is 11.8 Å². The van der Waals surface area contributed by atoms with Gasteiger partial charge in [0.15, 0.2) is 5.76 Å². The average Bonchev–Trinajstić information content (AvgIpc) is 2.63. The zero-order valence-corrected chi connectivity index (χ0v) is 7.96. The predicted octanol–water partition coefficient (Wildman–Crippen LogP) is 1.29. The molecule has 1 aliphatic heterocycles. The van der Waals surface area contributed by atoms with Crippen molar-refractivity contribution in [3.8, 4) is 0 Å². The lowest BCUT2D eigenvalue weighted by Gasteiger charge is -2.10. The predicted molar refractivity (Wildman–Crippen MR) is 45.6 cm³/mol. The normalized spacial score (nSPS) is 38.5. The first-order valence-corrected chi connectivity index (χ1v) is 4.42. The molecule has 0 aromatic carbocycles. The topological polar surface area (TPSA) is 43.4 Å². The molecule has 3 nitrogen and oxygen atoms in total. The number of hydrogen-bond acceptors (Lipinski definition) is 3. The van der Waals surface area contributed by atoms with Crippen molar-refractivity contribution in [2.24, 2.45) is 17.3 Å². The van der Waals surface area contributed by atoms with Crippen LogP contribution in [0.25, 0.3) is 0 Å². The number of hydrogen-bond donors (Lipinski definition) is 0. The summed E-state index contributed by atoms with van der Waals surface area (Å²) in [6, 6.07) is 0. The number of allylic oxidation sites excluding steroid dienone is 2. The molecule has 13 heavy (non-hydrogen) atoms. The first-order valence-electron chi connectivity index (χ1n) is 4.42. The number of Topliss-reactive ketones (excluding diaryl/α,β-unsaturated/α-hetero) is 1. The van der Waals surface area contributed by atoms with Crippen molar-refractivity contribution in [3.05, 3.63) is 11.8 Å². The molecular formula is C10H12O3. The van der Waals surface area contributed by atoms with Gasteiger partial charge in [0, 0.05) is 5.92 Å². The zero-order chi connectivity index (χ0) is 9.80. The molecule has 3 heteroatoms. The van der Waals surface area contributed by atoms with E-state index in [0.29, 0.717) is 0 Å². The maximum Gasteiger partial charge on any atom is 0.315 e. The number of carbonyl (C=O) groups is 2. The van der Waals surface area contributed by atoms with Crippen molar-refractivity contribution in [3.63, 3.8) is 0 Å². The Kier molecular flexibility index (Phi) is 1.45. The Morgan fingerprint density at radius 2 is 1.92 bits per heavy atom. The highest BCUT2D eigenvalue weighted by Crippen LogP contribution is 2.61.